The number of hydrogen-bond donors (Lipinski definition) is 0. The van der Waals surface area contributed by atoms with Crippen LogP contribution >= 0.6 is 0 Å². The summed E-state index contributed by atoms with van der Waals surface area (Å²) >= 11 is 0. The van der Waals surface area contributed by atoms with Gasteiger partial charge in [-0.05, 0) is 32.3 Å². The van der Waals surface area contributed by atoms with E-state index in [9.17, 15) is 0 Å². The van der Waals surface area contributed by atoms with Crippen LogP contribution < -0.4 is 5.11 Å². The smallest absolute Gasteiger partial charge is 0.0971 e. The van der Waals surface area contributed by atoms with Crippen molar-refractivity contribution in [2.45, 2.75) is 66.2 Å². The first-order valence-electron chi connectivity index (χ1n) is 8.11. The topological polar surface area (TPSA) is 40.1 Å². The highest BCUT2D eigenvalue weighted by atomic mass is 16.4. The van der Waals surface area contributed by atoms with Gasteiger partial charge in [-0.1, -0.05) is 46.6 Å². The van der Waals surface area contributed by atoms with E-state index in [1.54, 1.807) is 0 Å². The van der Waals surface area contributed by atoms with Gasteiger partial charge in [-0.2, -0.15) is 0 Å². The predicted molar refractivity (Wildman–Crippen MR) is 85.3 cm³/mol. The van der Waals surface area contributed by atoms with Crippen LogP contribution in [-0.4, -0.2) is 36.6 Å². The predicted octanol–water partition coefficient (Wildman–Crippen LogP) is 3.15. The number of hydrogen-bond acceptors (Lipinski definition) is 2. The van der Waals surface area contributed by atoms with E-state index in [0.29, 0.717) is 0 Å². The Labute approximate surface area is 126 Å². The zero-order valence-electron chi connectivity index (χ0n) is 14.1. The lowest BCUT2D eigenvalue weighted by Crippen LogP contribution is -2.50. The number of carbonyl (C=O) groups excluding carboxylic acids is 1. The van der Waals surface area contributed by atoms with Crippen molar-refractivity contribution in [3.63, 3.8) is 0 Å². The van der Waals surface area contributed by atoms with Gasteiger partial charge in [-0.15, -0.1) is 0 Å². The maximum absolute atomic E-state index is 8.89. The molecule has 0 aliphatic carbocycles. The Morgan fingerprint density at radius 1 is 1.00 bits per heavy atom. The first kappa shape index (κ1) is 21.5. The maximum atomic E-state index is 8.89. The molecule has 0 fully saturated rings. The van der Waals surface area contributed by atoms with Crippen LogP contribution in [-0.2, 0) is 4.79 Å². The molecule has 0 bridgehead atoms. The van der Waals surface area contributed by atoms with Crippen molar-refractivity contribution in [1.29, 1.82) is 0 Å². The minimum atomic E-state index is -1.08. The molecule has 0 aromatic heterocycles. The third kappa shape index (κ3) is 13.6. The molecule has 0 saturated carbocycles. The van der Waals surface area contributed by atoms with Crippen molar-refractivity contribution in [2.75, 3.05) is 26.2 Å². The van der Waals surface area contributed by atoms with Crippen molar-refractivity contribution >= 4 is 5.97 Å². The molecule has 0 heterocycles. The summed E-state index contributed by atoms with van der Waals surface area (Å²) in [5.41, 5.74) is 0. The number of aliphatic carboxylic acids is 1. The largest absolute Gasteiger partial charge is 0.550 e. The molecular weight excluding hydrogens is 250 g/mol. The number of rotatable bonds is 11. The van der Waals surface area contributed by atoms with Crippen molar-refractivity contribution in [3.05, 3.63) is 12.7 Å². The number of carboxylic acids is 1. The van der Waals surface area contributed by atoms with Gasteiger partial charge in [-0.3, -0.25) is 0 Å². The highest BCUT2D eigenvalue weighted by Gasteiger charge is 2.23. The molecule has 3 heteroatoms. The molecule has 0 radical (unpaired) electrons. The molecule has 0 aromatic carbocycles. The molecule has 0 saturated heterocycles. The van der Waals surface area contributed by atoms with Gasteiger partial charge in [0, 0.05) is 5.97 Å². The van der Waals surface area contributed by atoms with Gasteiger partial charge in [0.1, 0.15) is 0 Å². The monoisotopic (exact) mass is 285 g/mol. The first-order valence-corrected chi connectivity index (χ1v) is 8.11. The fraction of sp³-hybridized carbons (Fsp3) is 0.824. The zero-order valence-corrected chi connectivity index (χ0v) is 14.1. The summed E-state index contributed by atoms with van der Waals surface area (Å²) in [5, 5.41) is 8.89. The number of carboxylic acid groups (broad SMARTS) is 1. The van der Waals surface area contributed by atoms with E-state index in [-0.39, 0.29) is 0 Å². The van der Waals surface area contributed by atoms with Crippen molar-refractivity contribution in [3.8, 4) is 0 Å². The van der Waals surface area contributed by atoms with E-state index >= 15 is 0 Å². The Kier molecular flexibility index (Phi) is 15.6. The van der Waals surface area contributed by atoms with Gasteiger partial charge in [0.25, 0.3) is 0 Å². The van der Waals surface area contributed by atoms with Crippen molar-refractivity contribution in [1.82, 2.24) is 0 Å². The van der Waals surface area contributed by atoms with E-state index in [4.69, 9.17) is 9.90 Å². The number of unbranched alkanes of at least 4 members (excludes halogenated alkanes) is 3. The Hall–Kier alpha value is -0.830. The average molecular weight is 285 g/mol. The SMILES string of the molecule is C=CC[N+](CCCC)(CCCC)CCCC.CC(=O)[O-]. The van der Waals surface area contributed by atoms with Crippen molar-refractivity contribution in [2.24, 2.45) is 0 Å². The second-order valence-corrected chi connectivity index (χ2v) is 5.54. The van der Waals surface area contributed by atoms with Crippen LogP contribution in [0, 0.1) is 0 Å². The van der Waals surface area contributed by atoms with E-state index in [0.717, 1.165) is 6.92 Å². The molecule has 0 unspecified atom stereocenters. The minimum Gasteiger partial charge on any atom is -0.550 e. The Morgan fingerprint density at radius 2 is 1.30 bits per heavy atom. The molecular formula is C17H35NO2. The van der Waals surface area contributed by atoms with Gasteiger partial charge in [0.15, 0.2) is 0 Å². The summed E-state index contributed by atoms with van der Waals surface area (Å²) < 4.78 is 1.29. The zero-order chi connectivity index (χ0) is 15.9. The van der Waals surface area contributed by atoms with Gasteiger partial charge in [0.2, 0.25) is 0 Å². The highest BCUT2D eigenvalue weighted by Crippen LogP contribution is 2.14. The van der Waals surface area contributed by atoms with Crippen molar-refractivity contribution < 1.29 is 14.4 Å². The van der Waals surface area contributed by atoms with E-state index in [2.05, 4.69) is 33.4 Å². The summed E-state index contributed by atoms with van der Waals surface area (Å²) in [6.07, 6.45) is 10.2. The lowest BCUT2D eigenvalue weighted by atomic mass is 10.1. The molecule has 0 aliphatic rings. The van der Waals surface area contributed by atoms with Gasteiger partial charge in [-0.25, -0.2) is 0 Å². The van der Waals surface area contributed by atoms with Crippen LogP contribution in [0.2, 0.25) is 0 Å². The second kappa shape index (κ2) is 14.6. The summed E-state index contributed by atoms with van der Waals surface area (Å²) in [6.45, 7) is 17.0. The number of quaternary nitrogens is 1. The summed E-state index contributed by atoms with van der Waals surface area (Å²) in [7, 11) is 0. The summed E-state index contributed by atoms with van der Waals surface area (Å²) in [6, 6.07) is 0. The quantitative estimate of drug-likeness (QED) is 0.432. The molecule has 0 aromatic rings. The highest BCUT2D eigenvalue weighted by molar-refractivity contribution is 5.60. The van der Waals surface area contributed by atoms with Crippen LogP contribution in [0.5, 0.6) is 0 Å². The van der Waals surface area contributed by atoms with Crippen LogP contribution in [0.4, 0.5) is 0 Å². The summed E-state index contributed by atoms with van der Waals surface area (Å²) in [5.74, 6) is -1.08. The fourth-order valence-corrected chi connectivity index (χ4v) is 2.36. The molecule has 0 amide bonds. The third-order valence-corrected chi connectivity index (χ3v) is 3.47. The van der Waals surface area contributed by atoms with E-state index in [1.807, 2.05) is 0 Å². The molecule has 0 spiro atoms. The second-order valence-electron chi connectivity index (χ2n) is 5.54. The molecule has 120 valence electrons. The van der Waals surface area contributed by atoms with Crippen LogP contribution in [0.1, 0.15) is 66.2 Å². The first-order chi connectivity index (χ1) is 9.47. The Bertz CT molecular complexity index is 213. The van der Waals surface area contributed by atoms with E-state index in [1.165, 1.54) is 69.2 Å². The fourth-order valence-electron chi connectivity index (χ4n) is 2.36. The lowest BCUT2D eigenvalue weighted by Gasteiger charge is -2.38. The summed E-state index contributed by atoms with van der Waals surface area (Å²) in [4.78, 5) is 8.89. The van der Waals surface area contributed by atoms with Gasteiger partial charge >= 0.3 is 0 Å². The number of carbonyl (C=O) groups is 1. The molecule has 0 aliphatic heterocycles. The molecule has 0 N–H and O–H groups in total. The third-order valence-electron chi connectivity index (χ3n) is 3.47. The van der Waals surface area contributed by atoms with Crippen LogP contribution in [0.3, 0.4) is 0 Å². The van der Waals surface area contributed by atoms with Crippen LogP contribution in [0.15, 0.2) is 12.7 Å². The van der Waals surface area contributed by atoms with E-state index < -0.39 is 5.97 Å². The number of nitrogens with zero attached hydrogens (tertiary/aromatic N) is 1. The lowest BCUT2D eigenvalue weighted by molar-refractivity contribution is -0.923. The van der Waals surface area contributed by atoms with Gasteiger partial charge < -0.3 is 14.4 Å². The normalized spacial score (nSPS) is 10.6. The van der Waals surface area contributed by atoms with Gasteiger partial charge in [0.05, 0.1) is 26.2 Å². The average Bonchev–Trinajstić information content (AvgIpc) is 2.40. The maximum Gasteiger partial charge on any atom is 0.0971 e. The molecule has 3 nitrogen and oxygen atoms in total. The standard InChI is InChI=1S/C15H32N.C2H4O2/c1-5-9-13-16(12-8-4,14-10-6-2)15-11-7-3;1-2(3)4/h8H,4-7,9-15H2,1-3H3;1H3,(H,3,4)/q+1;/p-1. The molecule has 0 rings (SSSR count). The Balaban J connectivity index is 0. The molecule has 20 heavy (non-hydrogen) atoms. The molecule has 0 atom stereocenters. The van der Waals surface area contributed by atoms with Crippen LogP contribution in [0.25, 0.3) is 0 Å². The Morgan fingerprint density at radius 3 is 1.50 bits per heavy atom. The minimum absolute atomic E-state index is 0.972.